The molecule has 1 heterocycles. The second-order valence-electron chi connectivity index (χ2n) is 4.37. The van der Waals surface area contributed by atoms with Crippen LogP contribution in [0.2, 0.25) is 0 Å². The molecule has 1 aromatic rings. The van der Waals surface area contributed by atoms with Gasteiger partial charge in [-0.25, -0.2) is 0 Å². The summed E-state index contributed by atoms with van der Waals surface area (Å²) in [4.78, 5) is 0. The van der Waals surface area contributed by atoms with Gasteiger partial charge in [-0.2, -0.15) is 11.8 Å². The highest BCUT2D eigenvalue weighted by atomic mass is 32.2. The van der Waals surface area contributed by atoms with Crippen molar-refractivity contribution >= 4 is 11.8 Å². The van der Waals surface area contributed by atoms with E-state index in [1.54, 1.807) is 0 Å². The predicted molar refractivity (Wildman–Crippen MR) is 69.9 cm³/mol. The van der Waals surface area contributed by atoms with Crippen LogP contribution in [-0.2, 0) is 4.74 Å². The van der Waals surface area contributed by atoms with Crippen molar-refractivity contribution in [1.82, 2.24) is 0 Å². The average Bonchev–Trinajstić information content (AvgIpc) is 2.32. The van der Waals surface area contributed by atoms with Gasteiger partial charge in [0.2, 0.25) is 0 Å². The normalized spacial score (nSPS) is 23.1. The van der Waals surface area contributed by atoms with Gasteiger partial charge in [0.1, 0.15) is 0 Å². The number of ether oxygens (including phenoxy) is 1. The van der Waals surface area contributed by atoms with Crippen LogP contribution in [-0.4, -0.2) is 24.2 Å². The van der Waals surface area contributed by atoms with Crippen LogP contribution in [0.4, 0.5) is 0 Å². The van der Waals surface area contributed by atoms with E-state index in [2.05, 4.69) is 32.0 Å². The third-order valence-electron chi connectivity index (χ3n) is 3.04. The highest BCUT2D eigenvalue weighted by Gasteiger charge is 2.24. The van der Waals surface area contributed by atoms with Crippen LogP contribution >= 0.6 is 11.8 Å². The zero-order chi connectivity index (χ0) is 11.5. The molecule has 2 N–H and O–H groups in total. The maximum Gasteiger partial charge on any atom is 0.0858 e. The molecule has 2 unspecified atom stereocenters. The minimum atomic E-state index is 0.00713. The number of benzene rings is 1. The molecule has 2 atom stereocenters. The average molecular weight is 237 g/mol. The van der Waals surface area contributed by atoms with Gasteiger partial charge in [0.15, 0.2) is 0 Å². The van der Waals surface area contributed by atoms with Gasteiger partial charge < -0.3 is 10.5 Å². The molecule has 0 aliphatic carbocycles. The van der Waals surface area contributed by atoms with Crippen LogP contribution in [0.3, 0.4) is 0 Å². The SMILES string of the molecule is Cc1ccc(C)c(C(N)C2CSCCO2)c1. The molecular weight excluding hydrogens is 218 g/mol. The Balaban J connectivity index is 2.18. The molecule has 0 bridgehead atoms. The second kappa shape index (κ2) is 5.21. The van der Waals surface area contributed by atoms with Crippen molar-refractivity contribution in [1.29, 1.82) is 0 Å². The lowest BCUT2D eigenvalue weighted by atomic mass is 9.96. The summed E-state index contributed by atoms with van der Waals surface area (Å²) in [6, 6.07) is 6.46. The first-order valence-corrected chi connectivity index (χ1v) is 6.86. The van der Waals surface area contributed by atoms with Gasteiger partial charge in [-0.1, -0.05) is 23.8 Å². The Hall–Kier alpha value is -0.510. The number of thioether (sulfide) groups is 1. The molecule has 1 aliphatic rings. The van der Waals surface area contributed by atoms with E-state index >= 15 is 0 Å². The van der Waals surface area contributed by atoms with E-state index in [1.807, 2.05) is 11.8 Å². The maximum atomic E-state index is 6.30. The van der Waals surface area contributed by atoms with Crippen molar-refractivity contribution in [3.05, 3.63) is 34.9 Å². The summed E-state index contributed by atoms with van der Waals surface area (Å²) in [6.45, 7) is 5.05. The van der Waals surface area contributed by atoms with Crippen LogP contribution in [0.15, 0.2) is 18.2 Å². The van der Waals surface area contributed by atoms with Crippen molar-refractivity contribution in [3.8, 4) is 0 Å². The molecule has 1 aliphatic heterocycles. The van der Waals surface area contributed by atoms with E-state index < -0.39 is 0 Å². The Morgan fingerprint density at radius 2 is 2.25 bits per heavy atom. The molecule has 0 aromatic heterocycles. The van der Waals surface area contributed by atoms with Gasteiger partial charge in [-0.3, -0.25) is 0 Å². The molecule has 0 amide bonds. The molecule has 0 saturated carbocycles. The van der Waals surface area contributed by atoms with Gasteiger partial charge in [0.25, 0.3) is 0 Å². The van der Waals surface area contributed by atoms with Gasteiger partial charge in [-0.05, 0) is 25.0 Å². The van der Waals surface area contributed by atoms with Gasteiger partial charge in [0, 0.05) is 11.5 Å². The van der Waals surface area contributed by atoms with Crippen LogP contribution in [0, 0.1) is 13.8 Å². The maximum absolute atomic E-state index is 6.30. The molecule has 1 aromatic carbocycles. The Morgan fingerprint density at radius 1 is 1.44 bits per heavy atom. The third kappa shape index (κ3) is 2.59. The summed E-state index contributed by atoms with van der Waals surface area (Å²) in [5.41, 5.74) is 10.1. The summed E-state index contributed by atoms with van der Waals surface area (Å²) in [5.74, 6) is 2.10. The number of aryl methyl sites for hydroxylation is 2. The largest absolute Gasteiger partial charge is 0.375 e. The molecule has 3 heteroatoms. The molecular formula is C13H19NOS. The fourth-order valence-electron chi connectivity index (χ4n) is 2.03. The summed E-state index contributed by atoms with van der Waals surface area (Å²) < 4.78 is 5.74. The lowest BCUT2D eigenvalue weighted by Crippen LogP contribution is -2.35. The van der Waals surface area contributed by atoms with Crippen LogP contribution in [0.1, 0.15) is 22.7 Å². The Morgan fingerprint density at radius 3 is 2.94 bits per heavy atom. The quantitative estimate of drug-likeness (QED) is 0.858. The highest BCUT2D eigenvalue weighted by Crippen LogP contribution is 2.26. The third-order valence-corrected chi connectivity index (χ3v) is 4.06. The zero-order valence-electron chi connectivity index (χ0n) is 9.90. The molecule has 2 rings (SSSR count). The van der Waals surface area contributed by atoms with Gasteiger partial charge in [-0.15, -0.1) is 0 Å². The van der Waals surface area contributed by atoms with Crippen LogP contribution in [0.5, 0.6) is 0 Å². The van der Waals surface area contributed by atoms with Crippen molar-refractivity contribution in [2.45, 2.75) is 26.0 Å². The van der Waals surface area contributed by atoms with Crippen molar-refractivity contribution < 1.29 is 4.74 Å². The summed E-state index contributed by atoms with van der Waals surface area (Å²) in [7, 11) is 0. The smallest absolute Gasteiger partial charge is 0.0858 e. The number of rotatable bonds is 2. The Labute approximate surface area is 102 Å². The first-order chi connectivity index (χ1) is 7.68. The van der Waals surface area contributed by atoms with Gasteiger partial charge in [0.05, 0.1) is 18.8 Å². The number of hydrogen-bond acceptors (Lipinski definition) is 3. The van der Waals surface area contributed by atoms with Crippen molar-refractivity contribution in [2.24, 2.45) is 5.73 Å². The lowest BCUT2D eigenvalue weighted by molar-refractivity contribution is 0.0568. The van der Waals surface area contributed by atoms with E-state index in [9.17, 15) is 0 Å². The monoisotopic (exact) mass is 237 g/mol. The number of nitrogens with two attached hydrogens (primary N) is 1. The molecule has 0 spiro atoms. The minimum absolute atomic E-state index is 0.00713. The molecule has 88 valence electrons. The summed E-state index contributed by atoms with van der Waals surface area (Å²) >= 11 is 1.93. The second-order valence-corrected chi connectivity index (χ2v) is 5.52. The van der Waals surface area contributed by atoms with E-state index in [1.165, 1.54) is 16.7 Å². The van der Waals surface area contributed by atoms with E-state index in [-0.39, 0.29) is 12.1 Å². The highest BCUT2D eigenvalue weighted by molar-refractivity contribution is 7.99. The first kappa shape index (κ1) is 12.0. The zero-order valence-corrected chi connectivity index (χ0v) is 10.7. The molecule has 1 saturated heterocycles. The molecule has 16 heavy (non-hydrogen) atoms. The Bertz CT molecular complexity index is 361. The fourth-order valence-corrected chi connectivity index (χ4v) is 2.95. The van der Waals surface area contributed by atoms with Crippen LogP contribution < -0.4 is 5.73 Å². The standard InChI is InChI=1S/C13H19NOS/c1-9-3-4-10(2)11(7-9)13(14)12-8-16-6-5-15-12/h3-4,7,12-13H,5-6,8,14H2,1-2H3. The summed E-state index contributed by atoms with van der Waals surface area (Å²) in [6.07, 6.45) is 0.166. The van der Waals surface area contributed by atoms with Crippen LogP contribution in [0.25, 0.3) is 0 Å². The van der Waals surface area contributed by atoms with Crippen molar-refractivity contribution in [3.63, 3.8) is 0 Å². The molecule has 1 fully saturated rings. The fraction of sp³-hybridized carbons (Fsp3) is 0.538. The Kier molecular flexibility index (Phi) is 3.90. The lowest BCUT2D eigenvalue weighted by Gasteiger charge is -2.28. The molecule has 0 radical (unpaired) electrons. The minimum Gasteiger partial charge on any atom is -0.375 e. The predicted octanol–water partition coefficient (Wildman–Crippen LogP) is 2.44. The molecule has 2 nitrogen and oxygen atoms in total. The van der Waals surface area contributed by atoms with E-state index in [0.717, 1.165) is 18.1 Å². The van der Waals surface area contributed by atoms with Crippen molar-refractivity contribution in [2.75, 3.05) is 18.1 Å². The topological polar surface area (TPSA) is 35.2 Å². The number of hydrogen-bond donors (Lipinski definition) is 1. The first-order valence-electron chi connectivity index (χ1n) is 5.70. The van der Waals surface area contributed by atoms with Gasteiger partial charge >= 0.3 is 0 Å². The summed E-state index contributed by atoms with van der Waals surface area (Å²) in [5, 5.41) is 0. The van der Waals surface area contributed by atoms with E-state index in [4.69, 9.17) is 10.5 Å². The van der Waals surface area contributed by atoms with E-state index in [0.29, 0.717) is 0 Å².